The molecule has 0 aromatic rings. The van der Waals surface area contributed by atoms with E-state index in [1.165, 1.54) is 5.01 Å². The van der Waals surface area contributed by atoms with Crippen LogP contribution >= 0.6 is 0 Å². The minimum atomic E-state index is -2.76. The molecule has 15 heavy (non-hydrogen) atoms. The summed E-state index contributed by atoms with van der Waals surface area (Å²) in [6.45, 7) is 6.11. The molecule has 5 heteroatoms. The van der Waals surface area contributed by atoms with Gasteiger partial charge < -0.3 is 0 Å². The van der Waals surface area contributed by atoms with Crippen molar-refractivity contribution in [3.63, 3.8) is 0 Å². The molecule has 88 valence electrons. The van der Waals surface area contributed by atoms with Gasteiger partial charge in [-0.3, -0.25) is 0 Å². The van der Waals surface area contributed by atoms with Crippen LogP contribution in [0.15, 0.2) is 0 Å². The quantitative estimate of drug-likeness (QED) is 0.478. The molecule has 1 amide bonds. The van der Waals surface area contributed by atoms with Gasteiger partial charge in [-0.05, 0) is 0 Å². The van der Waals surface area contributed by atoms with Crippen LogP contribution in [0.3, 0.4) is 0 Å². The Bertz CT molecular complexity index is 267. The number of hydrazine groups is 1. The Labute approximate surface area is 94.7 Å². The second kappa shape index (κ2) is 4.66. The van der Waals surface area contributed by atoms with E-state index in [0.29, 0.717) is 0 Å². The van der Waals surface area contributed by atoms with Crippen LogP contribution in [0.4, 0.5) is 0 Å². The van der Waals surface area contributed by atoms with E-state index in [0.717, 1.165) is 0 Å². The van der Waals surface area contributed by atoms with Crippen molar-refractivity contribution in [1.82, 2.24) is 10.4 Å². The standard InChI is InChI=1S/C10H22GeN2O2/c1-10(2,3)11(4,5)8(14)9(15)12-13(6)7/h1-7H3,(H,12,15). The third-order valence-corrected chi connectivity index (χ3v) is 13.7. The van der Waals surface area contributed by atoms with Gasteiger partial charge in [0.2, 0.25) is 0 Å². The predicted octanol–water partition coefficient (Wildman–Crippen LogP) is 1.20. The number of hydrogen-bond donors (Lipinski definition) is 1. The third-order valence-electron chi connectivity index (χ3n) is 2.97. The molecule has 0 saturated carbocycles. The molecule has 0 saturated heterocycles. The molecule has 0 aliphatic rings. The van der Waals surface area contributed by atoms with E-state index in [1.54, 1.807) is 14.1 Å². The van der Waals surface area contributed by atoms with Crippen molar-refractivity contribution < 1.29 is 9.59 Å². The van der Waals surface area contributed by atoms with Gasteiger partial charge in [-0.25, -0.2) is 0 Å². The molecule has 0 bridgehead atoms. The SMILES string of the molecule is CN(C)NC(=O)[C](=O)[Ge]([CH3])([CH3])[C](C)(C)C. The Hall–Kier alpha value is -0.357. The summed E-state index contributed by atoms with van der Waals surface area (Å²) in [6, 6.07) is 0. The van der Waals surface area contributed by atoms with Crippen molar-refractivity contribution in [2.45, 2.75) is 36.5 Å². The van der Waals surface area contributed by atoms with Crippen LogP contribution in [-0.2, 0) is 9.59 Å². The molecule has 0 aliphatic carbocycles. The van der Waals surface area contributed by atoms with Crippen molar-refractivity contribution in [3.8, 4) is 0 Å². The molecule has 1 N–H and O–H groups in total. The fourth-order valence-electron chi connectivity index (χ4n) is 0.878. The molecular weight excluding hydrogens is 253 g/mol. The van der Waals surface area contributed by atoms with E-state index in [2.05, 4.69) is 5.43 Å². The van der Waals surface area contributed by atoms with Crippen LogP contribution in [-0.4, -0.2) is 42.9 Å². The topological polar surface area (TPSA) is 49.4 Å². The average Bonchev–Trinajstić information content (AvgIpc) is 1.99. The van der Waals surface area contributed by atoms with Crippen molar-refractivity contribution in [1.29, 1.82) is 0 Å². The summed E-state index contributed by atoms with van der Waals surface area (Å²) in [5.41, 5.74) is 2.51. The zero-order valence-corrected chi connectivity index (χ0v) is 12.9. The van der Waals surface area contributed by atoms with Crippen molar-refractivity contribution >= 4 is 23.8 Å². The molecule has 0 atom stereocenters. The summed E-state index contributed by atoms with van der Waals surface area (Å²) in [6.07, 6.45) is 0. The Kier molecular flexibility index (Phi) is 4.54. The van der Waals surface area contributed by atoms with Crippen molar-refractivity contribution in [3.05, 3.63) is 0 Å². The van der Waals surface area contributed by atoms with Gasteiger partial charge in [-0.15, -0.1) is 0 Å². The maximum atomic E-state index is 12.0. The molecule has 0 aromatic heterocycles. The van der Waals surface area contributed by atoms with Gasteiger partial charge >= 0.3 is 94.4 Å². The second-order valence-electron chi connectivity index (χ2n) is 5.54. The number of nitrogens with one attached hydrogen (secondary N) is 1. The summed E-state index contributed by atoms with van der Waals surface area (Å²) in [5.74, 6) is 3.50. The van der Waals surface area contributed by atoms with Gasteiger partial charge in [-0.2, -0.15) is 0 Å². The van der Waals surface area contributed by atoms with Gasteiger partial charge in [0.1, 0.15) is 0 Å². The van der Waals surface area contributed by atoms with E-state index < -0.39 is 19.2 Å². The zero-order chi connectivity index (χ0) is 12.4. The number of carbonyl (C=O) groups is 2. The number of nitrogens with zero attached hydrogens (tertiary/aromatic N) is 1. The second-order valence-corrected chi connectivity index (χ2v) is 16.5. The molecule has 0 aliphatic heterocycles. The first-order chi connectivity index (χ1) is 6.50. The van der Waals surface area contributed by atoms with E-state index in [-0.39, 0.29) is 8.86 Å². The summed E-state index contributed by atoms with van der Waals surface area (Å²) in [5, 5.41) is 1.50. The van der Waals surface area contributed by atoms with Gasteiger partial charge in [0.05, 0.1) is 0 Å². The molecular formula is C10H22GeN2O2. The van der Waals surface area contributed by atoms with Gasteiger partial charge in [0.15, 0.2) is 0 Å². The summed E-state index contributed by atoms with van der Waals surface area (Å²) < 4.78 is -0.253. The molecule has 4 nitrogen and oxygen atoms in total. The van der Waals surface area contributed by atoms with Crippen molar-refractivity contribution in [2.75, 3.05) is 14.1 Å². The summed E-state index contributed by atoms with van der Waals surface area (Å²) in [7, 11) is 3.39. The normalized spacial score (nSPS) is 12.8. The maximum absolute atomic E-state index is 12.0. The minimum absolute atomic E-state index is 0.0548. The van der Waals surface area contributed by atoms with Gasteiger partial charge in [-0.1, -0.05) is 0 Å². The van der Waals surface area contributed by atoms with Crippen molar-refractivity contribution in [2.24, 2.45) is 0 Å². The Balaban J connectivity index is 4.79. The van der Waals surface area contributed by atoms with E-state index >= 15 is 0 Å². The number of rotatable bonds is 3. The van der Waals surface area contributed by atoms with Gasteiger partial charge in [0.25, 0.3) is 0 Å². The van der Waals surface area contributed by atoms with Crippen LogP contribution in [0.2, 0.25) is 15.8 Å². The molecule has 0 aromatic carbocycles. The van der Waals surface area contributed by atoms with E-state index in [4.69, 9.17) is 0 Å². The molecule has 0 spiro atoms. The molecule has 0 heterocycles. The average molecular weight is 275 g/mol. The zero-order valence-electron chi connectivity index (χ0n) is 10.8. The van der Waals surface area contributed by atoms with Crippen LogP contribution in [0.25, 0.3) is 0 Å². The molecule has 0 fully saturated rings. The van der Waals surface area contributed by atoms with Crippen LogP contribution in [0.1, 0.15) is 20.8 Å². The fourth-order valence-corrected chi connectivity index (χ4v) is 3.62. The monoisotopic (exact) mass is 276 g/mol. The number of amides is 1. The Morgan fingerprint density at radius 2 is 1.53 bits per heavy atom. The number of hydrogen-bond acceptors (Lipinski definition) is 3. The van der Waals surface area contributed by atoms with Gasteiger partial charge in [0, 0.05) is 0 Å². The summed E-state index contributed by atoms with van der Waals surface area (Å²) in [4.78, 5) is 23.6. The predicted molar refractivity (Wildman–Crippen MR) is 64.0 cm³/mol. The Morgan fingerprint density at radius 3 is 1.80 bits per heavy atom. The van der Waals surface area contributed by atoms with Crippen LogP contribution < -0.4 is 5.43 Å². The molecule has 0 unspecified atom stereocenters. The van der Waals surface area contributed by atoms with Crippen LogP contribution in [0.5, 0.6) is 0 Å². The molecule has 0 radical (unpaired) electrons. The Morgan fingerprint density at radius 1 is 1.13 bits per heavy atom. The van der Waals surface area contributed by atoms with E-state index in [9.17, 15) is 9.59 Å². The first-order valence-electron chi connectivity index (χ1n) is 5.03. The first-order valence-corrected chi connectivity index (χ1v) is 11.3. The number of carbonyl (C=O) groups excluding carboxylic acids is 2. The van der Waals surface area contributed by atoms with Crippen LogP contribution in [0, 0.1) is 0 Å². The summed E-state index contributed by atoms with van der Waals surface area (Å²) >= 11 is -2.76. The van der Waals surface area contributed by atoms with E-state index in [1.807, 2.05) is 32.3 Å². The third kappa shape index (κ3) is 3.61. The fraction of sp³-hybridized carbons (Fsp3) is 0.800. The molecule has 0 rings (SSSR count). The first kappa shape index (κ1) is 14.6.